The van der Waals surface area contributed by atoms with Crippen LogP contribution in [-0.2, 0) is 22.6 Å². The van der Waals surface area contributed by atoms with E-state index in [0.29, 0.717) is 45.0 Å². The molecular formula is C18H29N5O4. The second-order valence-corrected chi connectivity index (χ2v) is 7.21. The number of nitrogens with two attached hydrogens (primary N) is 1. The van der Waals surface area contributed by atoms with Gasteiger partial charge in [0.05, 0.1) is 13.2 Å². The van der Waals surface area contributed by atoms with Gasteiger partial charge in [-0.3, -0.25) is 14.2 Å². The number of aromatic nitrogens is 2. The quantitative estimate of drug-likeness (QED) is 0.714. The number of rotatable bonds is 6. The van der Waals surface area contributed by atoms with Gasteiger partial charge in [0.25, 0.3) is 5.56 Å². The van der Waals surface area contributed by atoms with Crippen LogP contribution in [0.25, 0.3) is 0 Å². The zero-order valence-electron chi connectivity index (χ0n) is 15.9. The van der Waals surface area contributed by atoms with Gasteiger partial charge in [-0.2, -0.15) is 0 Å². The van der Waals surface area contributed by atoms with Crippen molar-refractivity contribution < 1.29 is 9.53 Å². The lowest BCUT2D eigenvalue weighted by Crippen LogP contribution is -2.49. The van der Waals surface area contributed by atoms with Crippen molar-refractivity contribution in [3.05, 3.63) is 20.8 Å². The van der Waals surface area contributed by atoms with Gasteiger partial charge in [-0.1, -0.05) is 19.8 Å². The minimum Gasteiger partial charge on any atom is -0.383 e. The maximum absolute atomic E-state index is 13.0. The standard InChI is InChI=1S/C18H29N5O4/c1-2-7-22-16(19)15(21-8-10-27-11-9-21)17(25)23(18(22)26)12-14(24)20-13-5-3-4-6-13/h13H,2-12,19H2,1H3,(H,20,24). The van der Waals surface area contributed by atoms with Gasteiger partial charge in [0.1, 0.15) is 18.1 Å². The summed E-state index contributed by atoms with van der Waals surface area (Å²) in [4.78, 5) is 40.2. The molecule has 2 fully saturated rings. The van der Waals surface area contributed by atoms with Crippen LogP contribution in [0.2, 0.25) is 0 Å². The SMILES string of the molecule is CCCn1c(N)c(N2CCOCC2)c(=O)n(CC(=O)NC2CCCC2)c1=O. The lowest BCUT2D eigenvalue weighted by Gasteiger charge is -2.30. The summed E-state index contributed by atoms with van der Waals surface area (Å²) in [7, 11) is 0. The topological polar surface area (TPSA) is 112 Å². The van der Waals surface area contributed by atoms with E-state index < -0.39 is 11.2 Å². The van der Waals surface area contributed by atoms with Gasteiger partial charge in [-0.15, -0.1) is 0 Å². The van der Waals surface area contributed by atoms with Crippen molar-refractivity contribution in [2.45, 2.75) is 58.2 Å². The van der Waals surface area contributed by atoms with Gasteiger partial charge < -0.3 is 20.7 Å². The number of carbonyl (C=O) groups is 1. The normalized spacial score (nSPS) is 18.0. The molecule has 0 radical (unpaired) electrons. The minimum absolute atomic E-state index is 0.138. The number of anilines is 2. The maximum atomic E-state index is 13.0. The number of nitrogen functional groups attached to an aromatic ring is 1. The second-order valence-electron chi connectivity index (χ2n) is 7.21. The molecule has 9 heteroatoms. The van der Waals surface area contributed by atoms with E-state index in [1.807, 2.05) is 11.8 Å². The summed E-state index contributed by atoms with van der Waals surface area (Å²) < 4.78 is 7.76. The van der Waals surface area contributed by atoms with E-state index in [0.717, 1.165) is 30.3 Å². The van der Waals surface area contributed by atoms with Crippen molar-refractivity contribution in [3.8, 4) is 0 Å². The molecule has 0 bridgehead atoms. The molecule has 0 spiro atoms. The van der Waals surface area contributed by atoms with E-state index in [9.17, 15) is 14.4 Å². The lowest BCUT2D eigenvalue weighted by atomic mass is 10.2. The van der Waals surface area contributed by atoms with Crippen LogP contribution in [0.3, 0.4) is 0 Å². The number of nitrogens with zero attached hydrogens (tertiary/aromatic N) is 3. The van der Waals surface area contributed by atoms with Crippen LogP contribution in [0.1, 0.15) is 39.0 Å². The Bertz CT molecular complexity index is 788. The van der Waals surface area contributed by atoms with Gasteiger partial charge in [-0.05, 0) is 19.3 Å². The molecule has 1 saturated carbocycles. The zero-order chi connectivity index (χ0) is 19.4. The maximum Gasteiger partial charge on any atom is 0.333 e. The summed E-state index contributed by atoms with van der Waals surface area (Å²) in [5.41, 5.74) is 5.46. The highest BCUT2D eigenvalue weighted by atomic mass is 16.5. The Hall–Kier alpha value is -2.29. The van der Waals surface area contributed by atoms with Crippen LogP contribution in [0, 0.1) is 0 Å². The first-order valence-corrected chi connectivity index (χ1v) is 9.78. The van der Waals surface area contributed by atoms with Crippen molar-refractivity contribution >= 4 is 17.4 Å². The number of ether oxygens (including phenoxy) is 1. The van der Waals surface area contributed by atoms with Gasteiger partial charge in [0, 0.05) is 25.7 Å². The van der Waals surface area contributed by atoms with Crippen LogP contribution in [0.5, 0.6) is 0 Å². The Balaban J connectivity index is 1.95. The molecule has 27 heavy (non-hydrogen) atoms. The zero-order valence-corrected chi connectivity index (χ0v) is 15.9. The Morgan fingerprint density at radius 1 is 1.19 bits per heavy atom. The molecule has 1 aliphatic carbocycles. The lowest BCUT2D eigenvalue weighted by molar-refractivity contribution is -0.122. The molecule has 3 rings (SSSR count). The van der Waals surface area contributed by atoms with Crippen molar-refractivity contribution in [2.75, 3.05) is 36.9 Å². The average molecular weight is 379 g/mol. The predicted molar refractivity (Wildman–Crippen MR) is 103 cm³/mol. The first kappa shape index (κ1) is 19.5. The van der Waals surface area contributed by atoms with Crippen LogP contribution >= 0.6 is 0 Å². The molecule has 1 aromatic rings. The van der Waals surface area contributed by atoms with Crippen molar-refractivity contribution in [2.24, 2.45) is 0 Å². The number of nitrogens with one attached hydrogen (secondary N) is 1. The largest absolute Gasteiger partial charge is 0.383 e. The van der Waals surface area contributed by atoms with Gasteiger partial charge in [0.15, 0.2) is 0 Å². The Morgan fingerprint density at radius 3 is 2.48 bits per heavy atom. The van der Waals surface area contributed by atoms with E-state index in [1.54, 1.807) is 0 Å². The third kappa shape index (κ3) is 4.18. The molecule has 3 N–H and O–H groups in total. The van der Waals surface area contributed by atoms with Gasteiger partial charge >= 0.3 is 5.69 Å². The van der Waals surface area contributed by atoms with Crippen molar-refractivity contribution in [3.63, 3.8) is 0 Å². The Morgan fingerprint density at radius 2 is 1.85 bits per heavy atom. The molecule has 1 aliphatic heterocycles. The number of morpholine rings is 1. The number of hydrogen-bond donors (Lipinski definition) is 2. The fraction of sp³-hybridized carbons (Fsp3) is 0.722. The van der Waals surface area contributed by atoms with E-state index in [4.69, 9.17) is 10.5 Å². The summed E-state index contributed by atoms with van der Waals surface area (Å²) in [6, 6.07) is 0.138. The van der Waals surface area contributed by atoms with Crippen molar-refractivity contribution in [1.82, 2.24) is 14.5 Å². The third-order valence-corrected chi connectivity index (χ3v) is 5.24. The fourth-order valence-electron chi connectivity index (χ4n) is 3.85. The van der Waals surface area contributed by atoms with Crippen LogP contribution in [-0.4, -0.2) is 47.4 Å². The molecule has 150 valence electrons. The first-order valence-electron chi connectivity index (χ1n) is 9.78. The van der Waals surface area contributed by atoms with Gasteiger partial charge in [0.2, 0.25) is 5.91 Å². The fourth-order valence-corrected chi connectivity index (χ4v) is 3.85. The predicted octanol–water partition coefficient (Wildman–Crippen LogP) is -0.102. The third-order valence-electron chi connectivity index (χ3n) is 5.24. The molecule has 1 amide bonds. The van der Waals surface area contributed by atoms with Crippen LogP contribution in [0.4, 0.5) is 11.5 Å². The summed E-state index contributed by atoms with van der Waals surface area (Å²) in [6.07, 6.45) is 4.77. The highest BCUT2D eigenvalue weighted by Crippen LogP contribution is 2.19. The van der Waals surface area contributed by atoms with E-state index in [1.165, 1.54) is 4.57 Å². The van der Waals surface area contributed by atoms with Gasteiger partial charge in [-0.25, -0.2) is 9.36 Å². The number of hydrogen-bond acceptors (Lipinski definition) is 6. The summed E-state index contributed by atoms with van der Waals surface area (Å²) in [5.74, 6) is -0.136. The molecule has 1 aromatic heterocycles. The molecule has 0 unspecified atom stereocenters. The molecule has 2 heterocycles. The van der Waals surface area contributed by atoms with Crippen LogP contribution in [0.15, 0.2) is 9.59 Å². The molecule has 0 atom stereocenters. The number of carbonyl (C=O) groups excluding carboxylic acids is 1. The van der Waals surface area contributed by atoms with E-state index >= 15 is 0 Å². The highest BCUT2D eigenvalue weighted by Gasteiger charge is 2.25. The molecule has 0 aromatic carbocycles. The molecule has 1 saturated heterocycles. The Kier molecular flexibility index (Phi) is 6.20. The number of amides is 1. The molecule has 2 aliphatic rings. The average Bonchev–Trinajstić information content (AvgIpc) is 3.16. The van der Waals surface area contributed by atoms with Crippen LogP contribution < -0.4 is 27.2 Å². The van der Waals surface area contributed by atoms with E-state index in [-0.39, 0.29) is 24.3 Å². The molecule has 9 nitrogen and oxygen atoms in total. The summed E-state index contributed by atoms with van der Waals surface area (Å²) >= 11 is 0. The monoisotopic (exact) mass is 379 g/mol. The summed E-state index contributed by atoms with van der Waals surface area (Å²) in [5, 5.41) is 2.94. The van der Waals surface area contributed by atoms with E-state index in [2.05, 4.69) is 5.32 Å². The second kappa shape index (κ2) is 8.60. The Labute approximate surface area is 158 Å². The summed E-state index contributed by atoms with van der Waals surface area (Å²) in [6.45, 7) is 4.09. The first-order chi connectivity index (χ1) is 13.0. The van der Waals surface area contributed by atoms with Crippen molar-refractivity contribution in [1.29, 1.82) is 0 Å². The molecular weight excluding hydrogens is 350 g/mol. The smallest absolute Gasteiger partial charge is 0.333 e. The minimum atomic E-state index is -0.530. The highest BCUT2D eigenvalue weighted by molar-refractivity contribution is 5.76.